The molecule has 16 heavy (non-hydrogen) atoms. The summed E-state index contributed by atoms with van der Waals surface area (Å²) < 4.78 is 0. The van der Waals surface area contributed by atoms with Crippen LogP contribution in [0.5, 0.6) is 0 Å². The van der Waals surface area contributed by atoms with Crippen molar-refractivity contribution in [2.24, 2.45) is 0 Å². The van der Waals surface area contributed by atoms with Crippen molar-refractivity contribution in [1.29, 1.82) is 0 Å². The van der Waals surface area contributed by atoms with E-state index in [0.29, 0.717) is 15.4 Å². The first-order valence-corrected chi connectivity index (χ1v) is 10.2. The molecule has 2 aromatic heterocycles. The van der Waals surface area contributed by atoms with Gasteiger partial charge >= 0.3 is 11.9 Å². The first-order valence-electron chi connectivity index (χ1n) is 4.43. The lowest BCUT2D eigenvalue weighted by Gasteiger charge is -2.00. The highest BCUT2D eigenvalue weighted by molar-refractivity contribution is 14.1. The van der Waals surface area contributed by atoms with E-state index in [0.717, 1.165) is 10.8 Å². The number of fused-ring (bicyclic) bond motifs is 1. The molecule has 81 valence electrons. The van der Waals surface area contributed by atoms with Gasteiger partial charge in [0.2, 0.25) is 0 Å². The highest BCUT2D eigenvalue weighted by Crippen LogP contribution is 2.31. The molecule has 3 N–H and O–H groups in total. The van der Waals surface area contributed by atoms with Gasteiger partial charge in [-0.1, -0.05) is 0 Å². The lowest BCUT2D eigenvalue weighted by Crippen LogP contribution is -2.26. The van der Waals surface area contributed by atoms with E-state index < -0.39 is 0 Å². The number of nitrogen functional groups attached to an aromatic ring is 1. The summed E-state index contributed by atoms with van der Waals surface area (Å²) in [5.74, 6) is -0.121. The maximum atomic E-state index is 11.8. The molecule has 5 nitrogen and oxygen atoms in total. The largest absolute Gasteiger partial charge is 0.397 e. The monoisotopic (exact) mass is 361 g/mol. The van der Waals surface area contributed by atoms with Gasteiger partial charge in [-0.25, -0.2) is 20.3 Å². The lowest BCUT2D eigenvalue weighted by molar-refractivity contribution is 0.0965. The minimum Gasteiger partial charge on any atom is -0.397 e. The molecule has 0 unspecified atom stereocenters. The molecule has 2 rings (SSSR count). The van der Waals surface area contributed by atoms with E-state index in [1.165, 1.54) is 11.3 Å². The first kappa shape index (κ1) is 12.0. The third-order valence-electron chi connectivity index (χ3n) is 1.97. The highest BCUT2D eigenvalue weighted by atomic mass is 127. The lowest BCUT2D eigenvalue weighted by atomic mass is 10.3. The zero-order chi connectivity index (χ0) is 11.5. The molecule has 0 aliphatic rings. The summed E-state index contributed by atoms with van der Waals surface area (Å²) in [6, 6.07) is 1.77. The Morgan fingerprint density at radius 3 is 3.19 bits per heavy atom. The molecule has 0 aliphatic carbocycles. The summed E-state index contributed by atoms with van der Waals surface area (Å²) >= 11 is 3.79. The van der Waals surface area contributed by atoms with Gasteiger partial charge < -0.3 is 11.1 Å². The number of thiophene rings is 1. The molecule has 0 saturated carbocycles. The van der Waals surface area contributed by atoms with Crippen molar-refractivity contribution < 1.29 is 4.79 Å². The number of nitrogens with two attached hydrogens (primary N) is 1. The Morgan fingerprint density at radius 1 is 1.69 bits per heavy atom. The van der Waals surface area contributed by atoms with Crippen molar-refractivity contribution in [2.75, 3.05) is 11.1 Å². The Labute approximate surface area is 113 Å². The number of nitrogens with one attached hydrogen (secondary N) is 1. The predicted molar refractivity (Wildman–Crippen MR) is 73.9 cm³/mol. The minimum atomic E-state index is -0.121. The summed E-state index contributed by atoms with van der Waals surface area (Å²) in [5.41, 5.74) is 6.39. The number of hydrogen-bond donors (Lipinski definition) is 2. The van der Waals surface area contributed by atoms with Crippen LogP contribution in [0.1, 0.15) is 9.67 Å². The number of hydrogen-bond acceptors (Lipinski definition) is 5. The van der Waals surface area contributed by atoms with E-state index in [2.05, 4.69) is 35.8 Å². The van der Waals surface area contributed by atoms with Crippen molar-refractivity contribution >= 4 is 65.4 Å². The van der Waals surface area contributed by atoms with Gasteiger partial charge in [0.1, 0.15) is 9.71 Å². The molecule has 1 amide bonds. The number of carbonyl (C=O) groups is 1. The van der Waals surface area contributed by atoms with E-state index in [1.807, 2.05) is 0 Å². The Morgan fingerprint density at radius 2 is 2.50 bits per heavy atom. The van der Waals surface area contributed by atoms with Crippen molar-refractivity contribution in [3.63, 3.8) is 0 Å². The van der Waals surface area contributed by atoms with Crippen LogP contribution in [-0.2, 0) is 0 Å². The van der Waals surface area contributed by atoms with Gasteiger partial charge in [-0.05, 0) is 11.5 Å². The molecule has 0 saturated heterocycles. The number of anilines is 1. The smallest absolute Gasteiger partial charge is 0.338 e. The van der Waals surface area contributed by atoms with Crippen LogP contribution in [0.25, 0.3) is 10.2 Å². The average Bonchev–Trinajstić information content (AvgIpc) is 2.64. The molecular formula is C8H7AlIN4OS. The molecule has 1 radical (unpaired) electrons. The first-order chi connectivity index (χ1) is 7.74. The normalized spacial score (nSPS) is 10.3. The second-order valence-electron chi connectivity index (χ2n) is 2.96. The molecule has 2 aromatic rings. The van der Waals surface area contributed by atoms with Gasteiger partial charge in [0.25, 0.3) is 5.91 Å². The summed E-state index contributed by atoms with van der Waals surface area (Å²) in [5, 5.41) is 12.0. The SMILES string of the molecule is Nc1c(C(=O)N[CH2][Al][I])sc2nnccc12. The summed E-state index contributed by atoms with van der Waals surface area (Å²) in [6.45, 7) is 0. The zero-order valence-corrected chi connectivity index (χ0v) is 12.2. The molecule has 0 atom stereocenters. The summed E-state index contributed by atoms with van der Waals surface area (Å²) in [6.07, 6.45) is 1.57. The fourth-order valence-corrected chi connectivity index (χ4v) is 3.13. The number of nitrogens with zero attached hydrogens (tertiary/aromatic N) is 2. The predicted octanol–water partition coefficient (Wildman–Crippen LogP) is 1.02. The standard InChI is InChI=1S/C8H7N4OS.Al.HI/c1-10-7(13)6-5(9)4-2-3-11-12-8(4)14-6;;/h2-3H,1,9H2,(H,10,13);;1H/q;+1;/p-1. The molecular weight excluding hydrogens is 354 g/mol. The molecule has 0 fully saturated rings. The topological polar surface area (TPSA) is 80.9 Å². The zero-order valence-electron chi connectivity index (χ0n) is 8.11. The Hall–Kier alpha value is -0.428. The van der Waals surface area contributed by atoms with Gasteiger partial charge in [0, 0.05) is 5.39 Å². The van der Waals surface area contributed by atoms with Gasteiger partial charge in [-0.2, -0.15) is 5.10 Å². The number of aromatic nitrogens is 2. The molecule has 0 aromatic carbocycles. The van der Waals surface area contributed by atoms with Crippen LogP contribution in [0.3, 0.4) is 0 Å². The van der Waals surface area contributed by atoms with Crippen LogP contribution < -0.4 is 11.1 Å². The maximum absolute atomic E-state index is 11.8. The Balaban J connectivity index is 2.37. The van der Waals surface area contributed by atoms with Gasteiger partial charge in [0.05, 0.1) is 11.9 Å². The fraction of sp³-hybridized carbons (Fsp3) is 0.125. The van der Waals surface area contributed by atoms with E-state index >= 15 is 0 Å². The van der Waals surface area contributed by atoms with Crippen molar-refractivity contribution in [3.8, 4) is 0 Å². The number of halogens is 1. The van der Waals surface area contributed by atoms with Crippen LogP contribution in [0.15, 0.2) is 12.3 Å². The average molecular weight is 361 g/mol. The number of amides is 1. The van der Waals surface area contributed by atoms with Crippen molar-refractivity contribution in [1.82, 2.24) is 15.5 Å². The van der Waals surface area contributed by atoms with Crippen LogP contribution in [0.4, 0.5) is 5.69 Å². The molecule has 8 heteroatoms. The van der Waals surface area contributed by atoms with E-state index in [-0.39, 0.29) is 17.8 Å². The van der Waals surface area contributed by atoms with Crippen molar-refractivity contribution in [3.05, 3.63) is 17.1 Å². The molecule has 0 bridgehead atoms. The van der Waals surface area contributed by atoms with Crippen LogP contribution in [0.2, 0.25) is 0 Å². The van der Waals surface area contributed by atoms with Gasteiger partial charge in [0.15, 0.2) is 0 Å². The van der Waals surface area contributed by atoms with Crippen molar-refractivity contribution in [2.45, 2.75) is 0 Å². The van der Waals surface area contributed by atoms with Crippen LogP contribution in [0, 0.1) is 0 Å². The fourth-order valence-electron chi connectivity index (χ4n) is 1.25. The maximum Gasteiger partial charge on any atom is 0.338 e. The number of carbonyl (C=O) groups excluding carboxylic acids is 1. The summed E-state index contributed by atoms with van der Waals surface area (Å²) in [4.78, 5) is 13.0. The van der Waals surface area contributed by atoms with Crippen LogP contribution >= 0.6 is 31.6 Å². The van der Waals surface area contributed by atoms with Gasteiger partial charge in [-0.3, -0.25) is 4.79 Å². The highest BCUT2D eigenvalue weighted by Gasteiger charge is 2.16. The Bertz CT molecular complexity index is 532. The molecule has 2 heterocycles. The van der Waals surface area contributed by atoms with E-state index in [4.69, 9.17) is 5.73 Å². The third kappa shape index (κ3) is 2.30. The minimum absolute atomic E-state index is 0.121. The van der Waals surface area contributed by atoms with E-state index in [9.17, 15) is 4.79 Å². The second-order valence-corrected chi connectivity index (χ2v) is 7.32. The third-order valence-corrected chi connectivity index (χ3v) is 4.75. The number of rotatable bonds is 3. The summed E-state index contributed by atoms with van der Waals surface area (Å²) in [7, 11) is 0. The molecule has 0 aliphatic heterocycles. The van der Waals surface area contributed by atoms with Crippen LogP contribution in [-0.4, -0.2) is 33.4 Å². The molecule has 0 spiro atoms. The van der Waals surface area contributed by atoms with Gasteiger partial charge in [-0.15, -0.1) is 16.4 Å². The van der Waals surface area contributed by atoms with E-state index in [1.54, 1.807) is 12.3 Å². The Kier molecular flexibility index (Phi) is 3.96. The quantitative estimate of drug-likeness (QED) is 0.632. The second kappa shape index (κ2) is 5.27.